The van der Waals surface area contributed by atoms with Crippen molar-refractivity contribution in [1.82, 2.24) is 15.2 Å². The van der Waals surface area contributed by atoms with E-state index >= 15 is 0 Å². The van der Waals surface area contributed by atoms with Gasteiger partial charge in [-0.3, -0.25) is 0 Å². The van der Waals surface area contributed by atoms with E-state index in [4.69, 9.17) is 8.83 Å². The molecule has 0 N–H and O–H groups in total. The van der Waals surface area contributed by atoms with E-state index in [0.717, 1.165) is 15.4 Å². The summed E-state index contributed by atoms with van der Waals surface area (Å²) in [5.41, 5.74) is 0.851. The van der Waals surface area contributed by atoms with Crippen LogP contribution in [0.5, 0.6) is 0 Å². The Morgan fingerprint density at radius 1 is 1.00 bits per heavy atom. The zero-order chi connectivity index (χ0) is 14.8. The summed E-state index contributed by atoms with van der Waals surface area (Å²) in [7, 11) is 0. The monoisotopic (exact) mass is 347 g/mol. The van der Waals surface area contributed by atoms with Gasteiger partial charge in [0.05, 0.1) is 15.4 Å². The SMILES string of the molecule is c1csc(-c2nc(CSc3nnc(-c4cccs4)o3)co2)c1. The first-order valence-corrected chi connectivity index (χ1v) is 9.11. The fourth-order valence-electron chi connectivity index (χ4n) is 1.79. The minimum Gasteiger partial charge on any atom is -0.444 e. The number of thioether (sulfide) groups is 1. The molecule has 0 bridgehead atoms. The van der Waals surface area contributed by atoms with Crippen LogP contribution in [0.1, 0.15) is 5.69 Å². The molecule has 4 aromatic rings. The molecule has 0 radical (unpaired) electrons. The van der Waals surface area contributed by atoms with E-state index in [9.17, 15) is 0 Å². The third-order valence-corrected chi connectivity index (χ3v) is 5.33. The summed E-state index contributed by atoms with van der Waals surface area (Å²) < 4.78 is 11.1. The number of hydrogen-bond acceptors (Lipinski definition) is 8. The van der Waals surface area contributed by atoms with E-state index < -0.39 is 0 Å². The highest BCUT2D eigenvalue weighted by atomic mass is 32.2. The zero-order valence-electron chi connectivity index (χ0n) is 11.1. The van der Waals surface area contributed by atoms with Gasteiger partial charge < -0.3 is 8.83 Å². The fourth-order valence-corrected chi connectivity index (χ4v) is 3.73. The third kappa shape index (κ3) is 2.85. The molecule has 0 atom stereocenters. The maximum atomic E-state index is 5.62. The summed E-state index contributed by atoms with van der Waals surface area (Å²) in [6.45, 7) is 0. The molecule has 5 nitrogen and oxygen atoms in total. The first-order valence-electron chi connectivity index (χ1n) is 6.37. The highest BCUT2D eigenvalue weighted by Crippen LogP contribution is 2.29. The molecule has 0 aromatic carbocycles. The molecule has 0 amide bonds. The maximum absolute atomic E-state index is 5.62. The van der Waals surface area contributed by atoms with Crippen molar-refractivity contribution in [2.24, 2.45) is 0 Å². The molecule has 8 heteroatoms. The second-order valence-corrected chi connectivity index (χ2v) is 7.08. The van der Waals surface area contributed by atoms with Crippen molar-refractivity contribution in [2.75, 3.05) is 0 Å². The summed E-state index contributed by atoms with van der Waals surface area (Å²) in [6.07, 6.45) is 1.67. The first kappa shape index (κ1) is 13.7. The predicted octanol–water partition coefficient (Wildman–Crippen LogP) is 4.81. The lowest BCUT2D eigenvalue weighted by molar-refractivity contribution is 0.466. The maximum Gasteiger partial charge on any atom is 0.277 e. The molecule has 0 fully saturated rings. The molecule has 0 saturated carbocycles. The Balaban J connectivity index is 1.43. The predicted molar refractivity (Wildman–Crippen MR) is 87.0 cm³/mol. The number of hydrogen-bond donors (Lipinski definition) is 0. The Morgan fingerprint density at radius 3 is 2.50 bits per heavy atom. The van der Waals surface area contributed by atoms with Gasteiger partial charge in [0.2, 0.25) is 5.89 Å². The van der Waals surface area contributed by atoms with Crippen LogP contribution in [0.4, 0.5) is 0 Å². The van der Waals surface area contributed by atoms with E-state index in [1.807, 2.05) is 35.0 Å². The highest BCUT2D eigenvalue weighted by Gasteiger charge is 2.12. The first-order chi connectivity index (χ1) is 10.9. The highest BCUT2D eigenvalue weighted by molar-refractivity contribution is 7.98. The van der Waals surface area contributed by atoms with Gasteiger partial charge in [-0.25, -0.2) is 4.98 Å². The second kappa shape index (κ2) is 6.07. The largest absolute Gasteiger partial charge is 0.444 e. The number of oxazole rings is 1. The van der Waals surface area contributed by atoms with Gasteiger partial charge in [0.25, 0.3) is 11.1 Å². The van der Waals surface area contributed by atoms with E-state index in [1.165, 1.54) is 11.8 Å². The molecule has 4 heterocycles. The minimum absolute atomic E-state index is 0.532. The van der Waals surface area contributed by atoms with Crippen LogP contribution in [0.15, 0.2) is 55.3 Å². The van der Waals surface area contributed by atoms with Gasteiger partial charge in [-0.05, 0) is 22.9 Å². The van der Waals surface area contributed by atoms with Gasteiger partial charge in [-0.2, -0.15) is 0 Å². The van der Waals surface area contributed by atoms with Gasteiger partial charge in [0, 0.05) is 5.75 Å². The molecule has 0 aliphatic heterocycles. The van der Waals surface area contributed by atoms with Crippen molar-refractivity contribution in [1.29, 1.82) is 0 Å². The average molecular weight is 347 g/mol. The molecular weight excluding hydrogens is 338 g/mol. The molecule has 0 aliphatic carbocycles. The summed E-state index contributed by atoms with van der Waals surface area (Å²) >= 11 is 4.62. The molecule has 4 rings (SSSR count). The van der Waals surface area contributed by atoms with E-state index in [2.05, 4.69) is 15.2 Å². The fraction of sp³-hybridized carbons (Fsp3) is 0.0714. The van der Waals surface area contributed by atoms with Crippen molar-refractivity contribution in [3.63, 3.8) is 0 Å². The van der Waals surface area contributed by atoms with Crippen LogP contribution < -0.4 is 0 Å². The van der Waals surface area contributed by atoms with Crippen molar-refractivity contribution in [2.45, 2.75) is 11.0 Å². The van der Waals surface area contributed by atoms with E-state index in [-0.39, 0.29) is 0 Å². The lowest BCUT2D eigenvalue weighted by atomic mass is 10.5. The summed E-state index contributed by atoms with van der Waals surface area (Å²) in [5, 5.41) is 12.6. The second-order valence-electron chi connectivity index (χ2n) is 4.26. The van der Waals surface area contributed by atoms with E-state index in [0.29, 0.717) is 22.8 Å². The normalized spacial score (nSPS) is 11.1. The molecule has 0 unspecified atom stereocenters. The number of nitrogens with zero attached hydrogens (tertiary/aromatic N) is 3. The zero-order valence-corrected chi connectivity index (χ0v) is 13.6. The van der Waals surface area contributed by atoms with Gasteiger partial charge >= 0.3 is 0 Å². The molecule has 4 aromatic heterocycles. The van der Waals surface area contributed by atoms with Gasteiger partial charge in [0.15, 0.2) is 0 Å². The number of aromatic nitrogens is 3. The summed E-state index contributed by atoms with van der Waals surface area (Å²) in [5.74, 6) is 1.83. The lowest BCUT2D eigenvalue weighted by Gasteiger charge is -1.91. The topological polar surface area (TPSA) is 65.0 Å². The molecule has 0 saturated heterocycles. The summed E-state index contributed by atoms with van der Waals surface area (Å²) in [4.78, 5) is 6.45. The third-order valence-electron chi connectivity index (χ3n) is 2.77. The number of thiophene rings is 2. The smallest absolute Gasteiger partial charge is 0.277 e. The van der Waals surface area contributed by atoms with Crippen LogP contribution in [0.3, 0.4) is 0 Å². The molecule has 22 heavy (non-hydrogen) atoms. The molecule has 0 aliphatic rings. The van der Waals surface area contributed by atoms with Crippen molar-refractivity contribution < 1.29 is 8.83 Å². The Kier molecular flexibility index (Phi) is 3.79. The average Bonchev–Trinajstić information content (AvgIpc) is 3.33. The summed E-state index contributed by atoms with van der Waals surface area (Å²) in [6, 6.07) is 7.87. The van der Waals surface area contributed by atoms with Gasteiger partial charge in [-0.1, -0.05) is 23.9 Å². The van der Waals surface area contributed by atoms with Crippen molar-refractivity contribution in [3.8, 4) is 21.5 Å². The van der Waals surface area contributed by atoms with Crippen LogP contribution in [0, 0.1) is 0 Å². The van der Waals surface area contributed by atoms with Crippen LogP contribution in [0.25, 0.3) is 21.5 Å². The quantitative estimate of drug-likeness (QED) is 0.483. The van der Waals surface area contributed by atoms with Gasteiger partial charge in [0.1, 0.15) is 6.26 Å². The van der Waals surface area contributed by atoms with Crippen LogP contribution in [-0.4, -0.2) is 15.2 Å². The lowest BCUT2D eigenvalue weighted by Crippen LogP contribution is -1.81. The Labute approximate surface area is 138 Å². The minimum atomic E-state index is 0.532. The Bertz CT molecular complexity index is 777. The van der Waals surface area contributed by atoms with E-state index in [1.54, 1.807) is 28.9 Å². The van der Waals surface area contributed by atoms with Gasteiger partial charge in [-0.15, -0.1) is 32.9 Å². The Morgan fingerprint density at radius 2 is 1.77 bits per heavy atom. The van der Waals surface area contributed by atoms with Crippen LogP contribution in [-0.2, 0) is 5.75 Å². The number of rotatable bonds is 5. The van der Waals surface area contributed by atoms with Crippen LogP contribution in [0.2, 0.25) is 0 Å². The standard InChI is InChI=1S/C14H9N3O2S3/c1-3-10(20-5-1)12-15-9(7-18-12)8-22-14-17-16-13(19-14)11-4-2-6-21-11/h1-7H,8H2. The molecular formula is C14H9N3O2S3. The molecule has 110 valence electrons. The molecule has 0 spiro atoms. The van der Waals surface area contributed by atoms with Crippen molar-refractivity contribution >= 4 is 34.4 Å². The van der Waals surface area contributed by atoms with Crippen LogP contribution >= 0.6 is 34.4 Å². The van der Waals surface area contributed by atoms with Crippen molar-refractivity contribution in [3.05, 3.63) is 47.0 Å². The Hall–Kier alpha value is -1.90.